The minimum Gasteiger partial charge on any atom is -0.469 e. The first-order chi connectivity index (χ1) is 8.26. The van der Waals surface area contributed by atoms with E-state index in [9.17, 15) is 0 Å². The van der Waals surface area contributed by atoms with Gasteiger partial charge >= 0.3 is 0 Å². The van der Waals surface area contributed by atoms with Crippen LogP contribution in [0.1, 0.15) is 49.5 Å². The Morgan fingerprint density at radius 1 is 1.41 bits per heavy atom. The number of aryl methyl sites for hydroxylation is 1. The maximum Gasteiger partial charge on any atom is 0.101 e. The summed E-state index contributed by atoms with van der Waals surface area (Å²) < 4.78 is 5.43. The molecule has 0 spiro atoms. The summed E-state index contributed by atoms with van der Waals surface area (Å²) in [6, 6.07) is 2.66. The lowest BCUT2D eigenvalue weighted by atomic mass is 9.83. The Morgan fingerprint density at radius 2 is 2.29 bits per heavy atom. The number of fused-ring (bicyclic) bond motifs is 2. The van der Waals surface area contributed by atoms with Crippen LogP contribution in [0.2, 0.25) is 0 Å². The predicted molar refractivity (Wildman–Crippen MR) is 68.8 cm³/mol. The highest BCUT2D eigenvalue weighted by Crippen LogP contribution is 2.50. The molecule has 2 saturated carbocycles. The second-order valence-electron chi connectivity index (χ2n) is 6.00. The van der Waals surface area contributed by atoms with E-state index in [1.165, 1.54) is 37.7 Å². The van der Waals surface area contributed by atoms with Crippen molar-refractivity contribution in [3.05, 3.63) is 23.7 Å². The SMILES string of the molecule is CNC(CC1CC2CCC1C2)c1coc(C)c1. The minimum absolute atomic E-state index is 0.483. The molecule has 2 aliphatic rings. The van der Waals surface area contributed by atoms with Crippen molar-refractivity contribution in [2.24, 2.45) is 17.8 Å². The molecule has 2 heteroatoms. The van der Waals surface area contributed by atoms with Gasteiger partial charge in [0.2, 0.25) is 0 Å². The van der Waals surface area contributed by atoms with Crippen LogP contribution < -0.4 is 5.32 Å². The smallest absolute Gasteiger partial charge is 0.101 e. The highest BCUT2D eigenvalue weighted by Gasteiger charge is 2.40. The lowest BCUT2D eigenvalue weighted by Crippen LogP contribution is -2.22. The average Bonchev–Trinajstić information content (AvgIpc) is 3.01. The standard InChI is InChI=1S/C15H23NO/c1-10-5-14(9-17-10)15(16-2)8-13-7-11-3-4-12(13)6-11/h5,9,11-13,15-16H,3-4,6-8H2,1-2H3. The van der Waals surface area contributed by atoms with Crippen LogP contribution in [0, 0.1) is 24.7 Å². The first-order valence-corrected chi connectivity index (χ1v) is 6.98. The molecule has 2 nitrogen and oxygen atoms in total. The van der Waals surface area contributed by atoms with Crippen LogP contribution in [-0.2, 0) is 0 Å². The predicted octanol–water partition coefficient (Wildman–Crippen LogP) is 3.67. The van der Waals surface area contributed by atoms with Crippen LogP contribution in [0.5, 0.6) is 0 Å². The highest BCUT2D eigenvalue weighted by atomic mass is 16.3. The molecule has 0 amide bonds. The van der Waals surface area contributed by atoms with Crippen LogP contribution in [-0.4, -0.2) is 7.05 Å². The maximum absolute atomic E-state index is 5.43. The molecular weight excluding hydrogens is 210 g/mol. The lowest BCUT2D eigenvalue weighted by molar-refractivity contribution is 0.283. The Hall–Kier alpha value is -0.760. The first kappa shape index (κ1) is 11.3. The van der Waals surface area contributed by atoms with Crippen molar-refractivity contribution in [1.82, 2.24) is 5.32 Å². The van der Waals surface area contributed by atoms with E-state index < -0.39 is 0 Å². The molecule has 0 saturated heterocycles. The zero-order valence-electron chi connectivity index (χ0n) is 10.9. The van der Waals surface area contributed by atoms with Gasteiger partial charge in [-0.15, -0.1) is 0 Å². The van der Waals surface area contributed by atoms with Crippen molar-refractivity contribution in [2.45, 2.75) is 45.1 Å². The highest BCUT2D eigenvalue weighted by molar-refractivity contribution is 5.16. The van der Waals surface area contributed by atoms with Crippen molar-refractivity contribution in [1.29, 1.82) is 0 Å². The van der Waals surface area contributed by atoms with E-state index in [0.717, 1.165) is 23.5 Å². The summed E-state index contributed by atoms with van der Waals surface area (Å²) in [4.78, 5) is 0. The molecule has 1 aromatic rings. The third-order valence-corrected chi connectivity index (χ3v) is 4.92. The van der Waals surface area contributed by atoms with Gasteiger partial charge in [0.05, 0.1) is 6.26 Å². The maximum atomic E-state index is 5.43. The number of rotatable bonds is 4. The summed E-state index contributed by atoms with van der Waals surface area (Å²) in [5.41, 5.74) is 1.33. The van der Waals surface area contributed by atoms with E-state index >= 15 is 0 Å². The molecule has 1 heterocycles. The molecule has 0 aromatic carbocycles. The van der Waals surface area contributed by atoms with Gasteiger partial charge < -0.3 is 9.73 Å². The molecule has 0 aliphatic heterocycles. The van der Waals surface area contributed by atoms with Crippen molar-refractivity contribution in [2.75, 3.05) is 7.05 Å². The number of nitrogens with one attached hydrogen (secondary N) is 1. The van der Waals surface area contributed by atoms with Crippen LogP contribution in [0.3, 0.4) is 0 Å². The molecule has 0 radical (unpaired) electrons. The van der Waals surface area contributed by atoms with Gasteiger partial charge in [-0.1, -0.05) is 6.42 Å². The number of hydrogen-bond acceptors (Lipinski definition) is 2. The summed E-state index contributed by atoms with van der Waals surface area (Å²) >= 11 is 0. The largest absolute Gasteiger partial charge is 0.469 e. The molecular formula is C15H23NO. The molecule has 2 bridgehead atoms. The molecule has 17 heavy (non-hydrogen) atoms. The van der Waals surface area contributed by atoms with E-state index in [-0.39, 0.29) is 0 Å². The van der Waals surface area contributed by atoms with E-state index in [2.05, 4.69) is 18.4 Å². The van der Waals surface area contributed by atoms with Crippen molar-refractivity contribution in [3.63, 3.8) is 0 Å². The summed E-state index contributed by atoms with van der Waals surface area (Å²) in [5.74, 6) is 4.03. The molecule has 2 aliphatic carbocycles. The van der Waals surface area contributed by atoms with Gasteiger partial charge in [0.25, 0.3) is 0 Å². The Labute approximate surface area is 104 Å². The molecule has 3 rings (SSSR count). The Kier molecular flexibility index (Phi) is 2.99. The van der Waals surface area contributed by atoms with E-state index in [1.54, 1.807) is 0 Å². The van der Waals surface area contributed by atoms with Gasteiger partial charge in [-0.2, -0.15) is 0 Å². The van der Waals surface area contributed by atoms with Crippen LogP contribution >= 0.6 is 0 Å². The second kappa shape index (κ2) is 4.49. The van der Waals surface area contributed by atoms with Crippen LogP contribution in [0.4, 0.5) is 0 Å². The van der Waals surface area contributed by atoms with E-state index in [4.69, 9.17) is 4.42 Å². The van der Waals surface area contributed by atoms with Crippen molar-refractivity contribution >= 4 is 0 Å². The fourth-order valence-electron chi connectivity index (χ4n) is 4.03. The normalized spacial score (nSPS) is 33.2. The van der Waals surface area contributed by atoms with Crippen molar-refractivity contribution < 1.29 is 4.42 Å². The molecule has 1 N–H and O–H groups in total. The summed E-state index contributed by atoms with van der Waals surface area (Å²) in [7, 11) is 2.07. The first-order valence-electron chi connectivity index (χ1n) is 6.98. The van der Waals surface area contributed by atoms with Gasteiger partial charge in [-0.05, 0) is 63.5 Å². The molecule has 1 aromatic heterocycles. The van der Waals surface area contributed by atoms with Crippen LogP contribution in [0.25, 0.3) is 0 Å². The van der Waals surface area contributed by atoms with Gasteiger partial charge in [-0.3, -0.25) is 0 Å². The number of hydrogen-bond donors (Lipinski definition) is 1. The third-order valence-electron chi connectivity index (χ3n) is 4.92. The Balaban J connectivity index is 1.66. The van der Waals surface area contributed by atoms with Gasteiger partial charge in [-0.25, -0.2) is 0 Å². The fourth-order valence-corrected chi connectivity index (χ4v) is 4.03. The van der Waals surface area contributed by atoms with Gasteiger partial charge in [0.15, 0.2) is 0 Å². The second-order valence-corrected chi connectivity index (χ2v) is 6.00. The third kappa shape index (κ3) is 2.15. The van der Waals surface area contributed by atoms with Crippen molar-refractivity contribution in [3.8, 4) is 0 Å². The quantitative estimate of drug-likeness (QED) is 0.858. The summed E-state index contributed by atoms with van der Waals surface area (Å²) in [5, 5.41) is 3.46. The topological polar surface area (TPSA) is 25.2 Å². The van der Waals surface area contributed by atoms with Crippen LogP contribution in [0.15, 0.2) is 16.7 Å². The monoisotopic (exact) mass is 233 g/mol. The molecule has 4 unspecified atom stereocenters. The molecule has 2 fully saturated rings. The Morgan fingerprint density at radius 3 is 2.82 bits per heavy atom. The lowest BCUT2D eigenvalue weighted by Gasteiger charge is -2.26. The number of furan rings is 1. The van der Waals surface area contributed by atoms with Gasteiger partial charge in [0, 0.05) is 11.6 Å². The summed E-state index contributed by atoms with van der Waals surface area (Å²) in [6.45, 7) is 2.02. The molecule has 4 atom stereocenters. The zero-order valence-corrected chi connectivity index (χ0v) is 10.9. The van der Waals surface area contributed by atoms with E-state index in [0.29, 0.717) is 6.04 Å². The fraction of sp³-hybridized carbons (Fsp3) is 0.733. The zero-order chi connectivity index (χ0) is 11.8. The summed E-state index contributed by atoms with van der Waals surface area (Å²) in [6.07, 6.45) is 9.16. The molecule has 94 valence electrons. The van der Waals surface area contributed by atoms with Gasteiger partial charge in [0.1, 0.15) is 5.76 Å². The Bertz CT molecular complexity index is 384. The average molecular weight is 233 g/mol. The van der Waals surface area contributed by atoms with E-state index in [1.807, 2.05) is 13.2 Å². The minimum atomic E-state index is 0.483.